The van der Waals surface area contributed by atoms with Crippen LogP contribution in [0.1, 0.15) is 19.3 Å². The minimum atomic E-state index is -0.595. The van der Waals surface area contributed by atoms with Gasteiger partial charge in [0.1, 0.15) is 0 Å². The van der Waals surface area contributed by atoms with Gasteiger partial charge in [0.05, 0.1) is 18.0 Å². The summed E-state index contributed by atoms with van der Waals surface area (Å²) < 4.78 is 0. The van der Waals surface area contributed by atoms with Gasteiger partial charge in [0.15, 0.2) is 0 Å². The van der Waals surface area contributed by atoms with E-state index in [2.05, 4.69) is 0 Å². The van der Waals surface area contributed by atoms with Crippen molar-refractivity contribution in [3.63, 3.8) is 0 Å². The average molecular weight is 201 g/mol. The zero-order valence-corrected chi connectivity index (χ0v) is 8.32. The lowest BCUT2D eigenvalue weighted by Crippen LogP contribution is -2.23. The highest BCUT2D eigenvalue weighted by Gasteiger charge is 2.28. The molecule has 1 aliphatic rings. The molecule has 0 aliphatic carbocycles. The largest absolute Gasteiger partial charge is 0.389 e. The third kappa shape index (κ3) is 3.61. The summed E-state index contributed by atoms with van der Waals surface area (Å²) in [6, 6.07) is 0. The molecular weight excluding hydrogens is 182 g/mol. The molecule has 0 bridgehead atoms. The first-order valence-corrected chi connectivity index (χ1v) is 5.01. The van der Waals surface area contributed by atoms with Crippen LogP contribution in [0.15, 0.2) is 0 Å². The molecule has 2 atom stereocenters. The molecule has 1 saturated heterocycles. The maximum absolute atomic E-state index is 9.27. The van der Waals surface area contributed by atoms with Crippen LogP contribution in [0, 0.1) is 5.41 Å². The van der Waals surface area contributed by atoms with Gasteiger partial charge in [-0.1, -0.05) is 0 Å². The number of β-amino-alcohol motifs (C(OH)–C–C–N with tert-alkyl or cyclic N) is 2. The Bertz CT molecular complexity index is 188. The van der Waals surface area contributed by atoms with Gasteiger partial charge in [0.25, 0.3) is 0 Å². The lowest BCUT2D eigenvalue weighted by atomic mass is 10.2. The van der Waals surface area contributed by atoms with Crippen LogP contribution < -0.4 is 5.73 Å². The molecule has 5 N–H and O–H groups in total. The second-order valence-corrected chi connectivity index (χ2v) is 3.88. The van der Waals surface area contributed by atoms with Crippen LogP contribution in [0.25, 0.3) is 0 Å². The SMILES string of the molecule is N=C(N)CCCCN1CC(O)C(O)C1. The number of amidine groups is 1. The number of aliphatic hydroxyl groups is 2. The van der Waals surface area contributed by atoms with E-state index < -0.39 is 12.2 Å². The number of nitrogens with one attached hydrogen (secondary N) is 1. The van der Waals surface area contributed by atoms with Gasteiger partial charge in [-0.2, -0.15) is 0 Å². The van der Waals surface area contributed by atoms with Crippen LogP contribution in [0.5, 0.6) is 0 Å². The zero-order chi connectivity index (χ0) is 10.6. The predicted molar refractivity (Wildman–Crippen MR) is 54.2 cm³/mol. The lowest BCUT2D eigenvalue weighted by Gasteiger charge is -2.13. The molecular formula is C9H19N3O2. The van der Waals surface area contributed by atoms with Gasteiger partial charge < -0.3 is 15.9 Å². The van der Waals surface area contributed by atoms with Crippen molar-refractivity contribution in [2.24, 2.45) is 5.73 Å². The number of unbranched alkanes of at least 4 members (excludes halogenated alkanes) is 1. The van der Waals surface area contributed by atoms with Gasteiger partial charge in [-0.15, -0.1) is 0 Å². The van der Waals surface area contributed by atoms with Gasteiger partial charge >= 0.3 is 0 Å². The Balaban J connectivity index is 2.06. The van der Waals surface area contributed by atoms with Crippen molar-refractivity contribution in [1.29, 1.82) is 5.41 Å². The van der Waals surface area contributed by atoms with Gasteiger partial charge in [0.2, 0.25) is 0 Å². The van der Waals surface area contributed by atoms with Gasteiger partial charge in [-0.05, 0) is 19.4 Å². The van der Waals surface area contributed by atoms with E-state index >= 15 is 0 Å². The maximum Gasteiger partial charge on any atom is 0.0938 e. The predicted octanol–water partition coefficient (Wildman–Crippen LogP) is -0.870. The number of hydrogen-bond acceptors (Lipinski definition) is 4. The van der Waals surface area contributed by atoms with Crippen molar-refractivity contribution in [1.82, 2.24) is 4.90 Å². The number of likely N-dealkylation sites (tertiary alicyclic amines) is 1. The Hall–Kier alpha value is -0.650. The first-order valence-electron chi connectivity index (χ1n) is 5.01. The quantitative estimate of drug-likeness (QED) is 0.264. The molecule has 0 aromatic carbocycles. The van der Waals surface area contributed by atoms with E-state index in [1.807, 2.05) is 4.90 Å². The van der Waals surface area contributed by atoms with E-state index in [0.717, 1.165) is 19.4 Å². The molecule has 0 amide bonds. The van der Waals surface area contributed by atoms with Crippen LogP contribution >= 0.6 is 0 Å². The molecule has 1 fully saturated rings. The fourth-order valence-electron chi connectivity index (χ4n) is 1.68. The van der Waals surface area contributed by atoms with E-state index in [0.29, 0.717) is 19.5 Å². The van der Waals surface area contributed by atoms with Crippen molar-refractivity contribution < 1.29 is 10.2 Å². The highest BCUT2D eigenvalue weighted by Crippen LogP contribution is 2.10. The zero-order valence-electron chi connectivity index (χ0n) is 8.32. The monoisotopic (exact) mass is 201 g/mol. The molecule has 0 aromatic heterocycles. The van der Waals surface area contributed by atoms with Crippen molar-refractivity contribution in [2.45, 2.75) is 31.5 Å². The Morgan fingerprint density at radius 1 is 1.29 bits per heavy atom. The van der Waals surface area contributed by atoms with Gasteiger partial charge in [-0.3, -0.25) is 10.3 Å². The molecule has 14 heavy (non-hydrogen) atoms. The Labute approximate surface area is 84.0 Å². The number of aliphatic hydroxyl groups excluding tert-OH is 2. The third-order valence-corrected chi connectivity index (χ3v) is 2.51. The third-order valence-electron chi connectivity index (χ3n) is 2.51. The fraction of sp³-hybridized carbons (Fsp3) is 0.889. The summed E-state index contributed by atoms with van der Waals surface area (Å²) in [7, 11) is 0. The summed E-state index contributed by atoms with van der Waals surface area (Å²) >= 11 is 0. The minimum absolute atomic E-state index is 0.228. The van der Waals surface area contributed by atoms with E-state index in [9.17, 15) is 10.2 Å². The standard InChI is InChI=1S/C9H19N3O2/c10-9(11)3-1-2-4-12-5-7(13)8(14)6-12/h7-8,13-14H,1-6H2,(H3,10,11). The highest BCUT2D eigenvalue weighted by molar-refractivity contribution is 5.76. The molecule has 0 radical (unpaired) electrons. The van der Waals surface area contributed by atoms with E-state index in [-0.39, 0.29) is 5.84 Å². The fourth-order valence-corrected chi connectivity index (χ4v) is 1.68. The minimum Gasteiger partial charge on any atom is -0.389 e. The molecule has 1 heterocycles. The van der Waals surface area contributed by atoms with Crippen LogP contribution in [-0.2, 0) is 0 Å². The molecule has 5 nitrogen and oxygen atoms in total. The topological polar surface area (TPSA) is 93.6 Å². The van der Waals surface area contributed by atoms with Crippen molar-refractivity contribution in [2.75, 3.05) is 19.6 Å². The lowest BCUT2D eigenvalue weighted by molar-refractivity contribution is 0.0572. The van der Waals surface area contributed by atoms with Gasteiger partial charge in [0, 0.05) is 19.5 Å². The Kier molecular flexibility index (Phi) is 4.31. The summed E-state index contributed by atoms with van der Waals surface area (Å²) in [5.74, 6) is 0.228. The number of hydrogen-bond donors (Lipinski definition) is 4. The first-order chi connectivity index (χ1) is 6.59. The van der Waals surface area contributed by atoms with Crippen molar-refractivity contribution in [3.8, 4) is 0 Å². The maximum atomic E-state index is 9.27. The Morgan fingerprint density at radius 2 is 1.86 bits per heavy atom. The summed E-state index contributed by atoms with van der Waals surface area (Å²) in [4.78, 5) is 2.04. The van der Waals surface area contributed by atoms with E-state index in [1.165, 1.54) is 0 Å². The summed E-state index contributed by atoms with van der Waals surface area (Å²) in [6.07, 6.45) is 1.31. The summed E-state index contributed by atoms with van der Waals surface area (Å²) in [6.45, 7) is 1.98. The van der Waals surface area contributed by atoms with Crippen LogP contribution in [0.2, 0.25) is 0 Å². The van der Waals surface area contributed by atoms with Crippen molar-refractivity contribution >= 4 is 5.84 Å². The van der Waals surface area contributed by atoms with Crippen LogP contribution in [0.3, 0.4) is 0 Å². The molecule has 0 spiro atoms. The number of nitrogens with two attached hydrogens (primary N) is 1. The second-order valence-electron chi connectivity index (χ2n) is 3.88. The Morgan fingerprint density at radius 3 is 2.36 bits per heavy atom. The molecule has 1 rings (SSSR count). The van der Waals surface area contributed by atoms with Crippen LogP contribution in [-0.4, -0.2) is 52.8 Å². The number of rotatable bonds is 5. The van der Waals surface area contributed by atoms with E-state index in [1.54, 1.807) is 0 Å². The molecule has 0 saturated carbocycles. The highest BCUT2D eigenvalue weighted by atomic mass is 16.3. The second kappa shape index (κ2) is 5.29. The van der Waals surface area contributed by atoms with E-state index in [4.69, 9.17) is 11.1 Å². The molecule has 5 heteroatoms. The molecule has 0 aromatic rings. The van der Waals surface area contributed by atoms with Crippen molar-refractivity contribution in [3.05, 3.63) is 0 Å². The molecule has 2 unspecified atom stereocenters. The molecule has 82 valence electrons. The normalized spacial score (nSPS) is 28.1. The number of nitrogens with zero attached hydrogens (tertiary/aromatic N) is 1. The summed E-state index contributed by atoms with van der Waals surface area (Å²) in [5.41, 5.74) is 5.22. The molecule has 1 aliphatic heterocycles. The average Bonchev–Trinajstić information content (AvgIpc) is 2.40. The first kappa shape index (κ1) is 11.4. The van der Waals surface area contributed by atoms with Crippen LogP contribution in [0.4, 0.5) is 0 Å². The van der Waals surface area contributed by atoms with Gasteiger partial charge in [-0.25, -0.2) is 0 Å². The summed E-state index contributed by atoms with van der Waals surface area (Å²) in [5, 5.41) is 25.6. The smallest absolute Gasteiger partial charge is 0.0938 e.